The molecular weight excluding hydrogens is 384 g/mol. The Morgan fingerprint density at radius 1 is 0.903 bits per heavy atom. The van der Waals surface area contributed by atoms with E-state index in [0.717, 1.165) is 30.7 Å². The number of esters is 1. The maximum atomic E-state index is 12.6. The lowest BCUT2D eigenvalue weighted by Gasteiger charge is -2.28. The van der Waals surface area contributed by atoms with Crippen LogP contribution in [0.2, 0.25) is 0 Å². The van der Waals surface area contributed by atoms with E-state index in [1.807, 2.05) is 36.7 Å². The molecule has 1 aromatic carbocycles. The van der Waals surface area contributed by atoms with Gasteiger partial charge in [0, 0.05) is 18.0 Å². The number of hydrogen-bond donors (Lipinski definition) is 0. The van der Waals surface area contributed by atoms with E-state index in [1.165, 1.54) is 63.4 Å². The predicted octanol–water partition coefficient (Wildman–Crippen LogP) is 7.17. The van der Waals surface area contributed by atoms with Crippen LogP contribution in [0.1, 0.15) is 100 Å². The van der Waals surface area contributed by atoms with Crippen molar-refractivity contribution in [3.8, 4) is 11.4 Å². The monoisotopic (exact) mass is 422 g/mol. The van der Waals surface area contributed by atoms with Crippen LogP contribution in [0.15, 0.2) is 36.7 Å². The minimum absolute atomic E-state index is 0.0678. The lowest BCUT2D eigenvalue weighted by molar-refractivity contribution is 0.0161. The molecule has 0 unspecified atom stereocenters. The minimum atomic E-state index is -0.215. The van der Waals surface area contributed by atoms with Crippen molar-refractivity contribution in [3.63, 3.8) is 0 Å². The van der Waals surface area contributed by atoms with Crippen LogP contribution < -0.4 is 0 Å². The highest BCUT2D eigenvalue weighted by molar-refractivity contribution is 5.90. The first-order valence-electron chi connectivity index (χ1n) is 12.3. The molecule has 4 heteroatoms. The molecule has 3 rings (SSSR count). The number of carbonyl (C=O) groups excluding carboxylic acids is 1. The highest BCUT2D eigenvalue weighted by atomic mass is 16.5. The van der Waals surface area contributed by atoms with Crippen LogP contribution in [0, 0.1) is 5.92 Å². The van der Waals surface area contributed by atoms with Gasteiger partial charge in [-0.15, -0.1) is 0 Å². The predicted molar refractivity (Wildman–Crippen MR) is 126 cm³/mol. The van der Waals surface area contributed by atoms with Gasteiger partial charge in [0.2, 0.25) is 0 Å². The molecule has 0 spiro atoms. The molecule has 4 nitrogen and oxygen atoms in total. The number of benzene rings is 1. The Kier molecular flexibility index (Phi) is 9.51. The number of nitrogens with zero attached hydrogens (tertiary/aromatic N) is 2. The van der Waals surface area contributed by atoms with Crippen molar-refractivity contribution in [2.75, 3.05) is 0 Å². The van der Waals surface area contributed by atoms with Gasteiger partial charge in [-0.1, -0.05) is 64.5 Å². The van der Waals surface area contributed by atoms with Crippen LogP contribution >= 0.6 is 0 Å². The third-order valence-electron chi connectivity index (χ3n) is 6.44. The van der Waals surface area contributed by atoms with Gasteiger partial charge < -0.3 is 4.74 Å². The number of hydrogen-bond acceptors (Lipinski definition) is 4. The summed E-state index contributed by atoms with van der Waals surface area (Å²) in [4.78, 5) is 21.6. The fourth-order valence-corrected chi connectivity index (χ4v) is 4.41. The number of unbranched alkanes of at least 4 members (excludes halogenated alkanes) is 4. The Bertz CT molecular complexity index is 778. The first-order valence-corrected chi connectivity index (χ1v) is 12.3. The van der Waals surface area contributed by atoms with Crippen molar-refractivity contribution in [2.45, 2.75) is 97.0 Å². The van der Waals surface area contributed by atoms with Gasteiger partial charge >= 0.3 is 5.97 Å². The third kappa shape index (κ3) is 7.45. The zero-order valence-corrected chi connectivity index (χ0v) is 19.3. The van der Waals surface area contributed by atoms with Gasteiger partial charge in [0.15, 0.2) is 5.82 Å². The van der Waals surface area contributed by atoms with E-state index in [4.69, 9.17) is 4.74 Å². The van der Waals surface area contributed by atoms with Crippen molar-refractivity contribution in [2.24, 2.45) is 5.92 Å². The topological polar surface area (TPSA) is 52.1 Å². The highest BCUT2D eigenvalue weighted by Crippen LogP contribution is 2.30. The second kappa shape index (κ2) is 12.6. The fraction of sp³-hybridized carbons (Fsp3) is 0.593. The van der Waals surface area contributed by atoms with Crippen LogP contribution in [-0.2, 0) is 11.2 Å². The molecule has 2 aromatic rings. The van der Waals surface area contributed by atoms with Crippen LogP contribution in [0.5, 0.6) is 0 Å². The van der Waals surface area contributed by atoms with Crippen LogP contribution in [0.3, 0.4) is 0 Å². The molecular formula is C27H38N2O2. The van der Waals surface area contributed by atoms with Crippen molar-refractivity contribution in [3.05, 3.63) is 47.8 Å². The summed E-state index contributed by atoms with van der Waals surface area (Å²) >= 11 is 0. The van der Waals surface area contributed by atoms with Gasteiger partial charge in [-0.05, 0) is 62.1 Å². The van der Waals surface area contributed by atoms with E-state index in [-0.39, 0.29) is 12.1 Å². The fourth-order valence-electron chi connectivity index (χ4n) is 4.41. The van der Waals surface area contributed by atoms with E-state index in [1.54, 1.807) is 0 Å². The molecule has 1 aliphatic rings. The van der Waals surface area contributed by atoms with E-state index < -0.39 is 0 Å². The molecule has 0 bridgehead atoms. The number of aromatic nitrogens is 2. The lowest BCUT2D eigenvalue weighted by atomic mass is 9.84. The molecule has 1 fully saturated rings. The Labute approximate surface area is 187 Å². The van der Waals surface area contributed by atoms with Gasteiger partial charge in [-0.25, -0.2) is 14.8 Å². The normalized spacial score (nSPS) is 18.6. The molecule has 168 valence electrons. The maximum Gasteiger partial charge on any atom is 0.338 e. The van der Waals surface area contributed by atoms with Crippen molar-refractivity contribution in [1.29, 1.82) is 0 Å². The highest BCUT2D eigenvalue weighted by Gasteiger charge is 2.24. The zero-order valence-electron chi connectivity index (χ0n) is 19.3. The van der Waals surface area contributed by atoms with E-state index >= 15 is 0 Å². The standard InChI is InChI=1S/C27H38N2O2/c1-3-5-7-9-21-11-17-25(18-12-21)31-27(30)24-15-13-23(14-16-24)26-28-19-22(20-29-26)10-8-6-4-2/h13-16,19-21,25H,3-12,17-18H2,1-2H3/t21-,25-. The van der Waals surface area contributed by atoms with Crippen molar-refractivity contribution < 1.29 is 9.53 Å². The van der Waals surface area contributed by atoms with Gasteiger partial charge in [0.25, 0.3) is 0 Å². The largest absolute Gasteiger partial charge is 0.459 e. The number of ether oxygens (including phenoxy) is 1. The summed E-state index contributed by atoms with van der Waals surface area (Å²) in [5, 5.41) is 0. The number of aryl methyl sites for hydroxylation is 1. The Balaban J connectivity index is 1.47. The summed E-state index contributed by atoms with van der Waals surface area (Å²) in [6, 6.07) is 7.47. The molecule has 1 aliphatic carbocycles. The van der Waals surface area contributed by atoms with Gasteiger partial charge in [-0.2, -0.15) is 0 Å². The quantitative estimate of drug-likeness (QED) is 0.284. The summed E-state index contributed by atoms with van der Waals surface area (Å²) in [7, 11) is 0. The minimum Gasteiger partial charge on any atom is -0.459 e. The van der Waals surface area contributed by atoms with Gasteiger partial charge in [0.05, 0.1) is 5.56 Å². The number of carbonyl (C=O) groups is 1. The summed E-state index contributed by atoms with van der Waals surface area (Å²) < 4.78 is 5.79. The molecule has 31 heavy (non-hydrogen) atoms. The molecule has 1 heterocycles. The zero-order chi connectivity index (χ0) is 21.9. The summed E-state index contributed by atoms with van der Waals surface area (Å²) in [5.74, 6) is 1.30. The van der Waals surface area contributed by atoms with Crippen LogP contribution in [-0.4, -0.2) is 22.0 Å². The molecule has 1 saturated carbocycles. The molecule has 0 amide bonds. The van der Waals surface area contributed by atoms with Crippen molar-refractivity contribution >= 4 is 5.97 Å². The van der Waals surface area contributed by atoms with Crippen molar-refractivity contribution in [1.82, 2.24) is 9.97 Å². The summed E-state index contributed by atoms with van der Waals surface area (Å²) in [6.45, 7) is 4.46. The molecule has 1 aromatic heterocycles. The lowest BCUT2D eigenvalue weighted by Crippen LogP contribution is -2.24. The summed E-state index contributed by atoms with van der Waals surface area (Å²) in [6.07, 6.45) is 18.2. The second-order valence-corrected chi connectivity index (χ2v) is 8.99. The molecule has 0 aliphatic heterocycles. The Hall–Kier alpha value is -2.23. The summed E-state index contributed by atoms with van der Waals surface area (Å²) in [5.41, 5.74) is 2.70. The SMILES string of the molecule is CCCCCc1cnc(-c2ccc(C(=O)O[C@H]3CC[C@H](CCCCC)CC3)cc2)nc1. The van der Waals surface area contributed by atoms with E-state index in [0.29, 0.717) is 11.4 Å². The third-order valence-corrected chi connectivity index (χ3v) is 6.44. The Morgan fingerprint density at radius 3 is 2.19 bits per heavy atom. The molecule has 0 saturated heterocycles. The number of rotatable bonds is 11. The second-order valence-electron chi connectivity index (χ2n) is 8.99. The van der Waals surface area contributed by atoms with Gasteiger partial charge in [0.1, 0.15) is 6.10 Å². The molecule has 0 radical (unpaired) electrons. The molecule has 0 atom stereocenters. The average Bonchev–Trinajstić information content (AvgIpc) is 2.81. The molecule has 0 N–H and O–H groups in total. The van der Waals surface area contributed by atoms with E-state index in [2.05, 4.69) is 23.8 Å². The first-order chi connectivity index (χ1) is 15.2. The maximum absolute atomic E-state index is 12.6. The van der Waals surface area contributed by atoms with E-state index in [9.17, 15) is 4.79 Å². The van der Waals surface area contributed by atoms with Gasteiger partial charge in [-0.3, -0.25) is 0 Å². The Morgan fingerprint density at radius 2 is 1.55 bits per heavy atom. The first kappa shape index (κ1) is 23.4. The van der Waals surface area contributed by atoms with Crippen LogP contribution in [0.25, 0.3) is 11.4 Å². The van der Waals surface area contributed by atoms with Crippen LogP contribution in [0.4, 0.5) is 0 Å². The smallest absolute Gasteiger partial charge is 0.338 e. The average molecular weight is 423 g/mol.